The van der Waals surface area contributed by atoms with E-state index >= 15 is 0 Å². The summed E-state index contributed by atoms with van der Waals surface area (Å²) in [5, 5.41) is 9.73. The van der Waals surface area contributed by atoms with Gasteiger partial charge in [0.2, 0.25) is 0 Å². The van der Waals surface area contributed by atoms with Gasteiger partial charge in [-0.2, -0.15) is 0 Å². The summed E-state index contributed by atoms with van der Waals surface area (Å²) in [6.45, 7) is 5.20. The normalized spacial score (nSPS) is 18.2. The van der Waals surface area contributed by atoms with Crippen molar-refractivity contribution in [2.75, 3.05) is 26.7 Å². The molecule has 2 nitrogen and oxygen atoms in total. The molecule has 0 aliphatic carbocycles. The molecule has 25 heavy (non-hydrogen) atoms. The van der Waals surface area contributed by atoms with E-state index in [-0.39, 0.29) is 0 Å². The lowest BCUT2D eigenvalue weighted by Crippen LogP contribution is -2.51. The highest BCUT2D eigenvalue weighted by atomic mass is 16.3. The predicted octanol–water partition coefficient (Wildman–Crippen LogP) is 6.24. The number of aliphatic hydroxyl groups is 1. The van der Waals surface area contributed by atoms with Gasteiger partial charge in [0.15, 0.2) is 0 Å². The zero-order chi connectivity index (χ0) is 18.2. The van der Waals surface area contributed by atoms with Crippen molar-refractivity contribution < 1.29 is 9.59 Å². The van der Waals surface area contributed by atoms with Crippen molar-refractivity contribution in [3.63, 3.8) is 0 Å². The van der Waals surface area contributed by atoms with Crippen LogP contribution in [0, 0.1) is 0 Å². The van der Waals surface area contributed by atoms with Crippen molar-refractivity contribution in [1.29, 1.82) is 0 Å². The van der Waals surface area contributed by atoms with Crippen molar-refractivity contribution in [3.05, 3.63) is 12.2 Å². The summed E-state index contributed by atoms with van der Waals surface area (Å²) in [5.74, 6) is 0. The molecule has 1 heterocycles. The Balaban J connectivity index is 1.90. The minimum absolute atomic E-state index is 0.373. The monoisotopic (exact) mass is 352 g/mol. The smallest absolute Gasteiger partial charge is 0.112 e. The standard InChI is InChI=1S/C23H46NO/c1-3-4-5-6-7-8-9-10-11-12-13-14-15-16-19-23(22-25)24(2)20-17-18-21-24/h10-11,23,25H,3-9,12-22H2,1-2H3/q+1/b11-10-. The van der Waals surface area contributed by atoms with Crippen LogP contribution in [0.25, 0.3) is 0 Å². The van der Waals surface area contributed by atoms with E-state index in [9.17, 15) is 5.11 Å². The Morgan fingerprint density at radius 1 is 0.800 bits per heavy atom. The maximum absolute atomic E-state index is 9.73. The molecule has 1 aliphatic rings. The lowest BCUT2D eigenvalue weighted by Gasteiger charge is -2.37. The molecule has 0 aromatic carbocycles. The molecule has 0 aromatic rings. The van der Waals surface area contributed by atoms with Gasteiger partial charge in [0.1, 0.15) is 6.04 Å². The Hall–Kier alpha value is -0.340. The Labute approximate surface area is 158 Å². The largest absolute Gasteiger partial charge is 0.390 e. The third kappa shape index (κ3) is 10.4. The summed E-state index contributed by atoms with van der Waals surface area (Å²) >= 11 is 0. The molecule has 0 saturated carbocycles. The van der Waals surface area contributed by atoms with E-state index in [1.807, 2.05) is 0 Å². The Bertz CT molecular complexity index is 320. The molecule has 1 fully saturated rings. The molecule has 1 unspecified atom stereocenters. The summed E-state index contributed by atoms with van der Waals surface area (Å²) in [6, 6.07) is 0.486. The van der Waals surface area contributed by atoms with Crippen molar-refractivity contribution in [1.82, 2.24) is 0 Å². The van der Waals surface area contributed by atoms with Crippen molar-refractivity contribution in [3.8, 4) is 0 Å². The first kappa shape index (κ1) is 22.7. The molecule has 1 atom stereocenters. The number of likely N-dealkylation sites (tertiary alicyclic amines) is 1. The van der Waals surface area contributed by atoms with Gasteiger partial charge >= 0.3 is 0 Å². The van der Waals surface area contributed by atoms with E-state index in [4.69, 9.17) is 0 Å². The van der Waals surface area contributed by atoms with Crippen LogP contribution in [-0.2, 0) is 0 Å². The molecule has 0 spiro atoms. The maximum Gasteiger partial charge on any atom is 0.112 e. The number of likely N-dealkylation sites (N-methyl/N-ethyl adjacent to an activating group) is 1. The third-order valence-corrected chi connectivity index (χ3v) is 6.23. The molecule has 2 heteroatoms. The van der Waals surface area contributed by atoms with E-state index in [0.717, 1.165) is 4.48 Å². The number of allylic oxidation sites excluding steroid dienone is 2. The summed E-state index contributed by atoms with van der Waals surface area (Å²) in [5.41, 5.74) is 0. The van der Waals surface area contributed by atoms with Gasteiger partial charge in [-0.3, -0.25) is 0 Å². The maximum atomic E-state index is 9.73. The number of nitrogens with zero attached hydrogens (tertiary/aromatic N) is 1. The van der Waals surface area contributed by atoms with E-state index in [0.29, 0.717) is 12.6 Å². The summed E-state index contributed by atoms with van der Waals surface area (Å²) in [4.78, 5) is 0. The fourth-order valence-electron chi connectivity index (χ4n) is 4.30. The fraction of sp³-hybridized carbons (Fsp3) is 0.913. The number of unbranched alkanes of at least 4 members (excludes halogenated alkanes) is 10. The van der Waals surface area contributed by atoms with E-state index in [1.54, 1.807) is 0 Å². The Kier molecular flexibility index (Phi) is 13.4. The Morgan fingerprint density at radius 3 is 1.88 bits per heavy atom. The van der Waals surface area contributed by atoms with Gasteiger partial charge in [-0.25, -0.2) is 0 Å². The Morgan fingerprint density at radius 2 is 1.32 bits per heavy atom. The topological polar surface area (TPSA) is 20.2 Å². The predicted molar refractivity (Wildman–Crippen MR) is 111 cm³/mol. The first-order valence-corrected chi connectivity index (χ1v) is 11.3. The van der Waals surface area contributed by atoms with E-state index < -0.39 is 0 Å². The number of hydrogen-bond donors (Lipinski definition) is 1. The highest BCUT2D eigenvalue weighted by molar-refractivity contribution is 4.81. The zero-order valence-electron chi connectivity index (χ0n) is 17.4. The van der Waals surface area contributed by atoms with Crippen LogP contribution >= 0.6 is 0 Å². The molecule has 0 radical (unpaired) electrons. The molecule has 1 rings (SSSR count). The number of aliphatic hydroxyl groups excluding tert-OH is 1. The highest BCUT2D eigenvalue weighted by Crippen LogP contribution is 2.24. The van der Waals surface area contributed by atoms with Crippen LogP contribution in [0.1, 0.15) is 103 Å². The average Bonchev–Trinajstić information content (AvgIpc) is 3.06. The molecule has 1 N–H and O–H groups in total. The van der Waals surface area contributed by atoms with Crippen LogP contribution in [0.5, 0.6) is 0 Å². The van der Waals surface area contributed by atoms with Gasteiger partial charge in [0, 0.05) is 19.3 Å². The van der Waals surface area contributed by atoms with Crippen molar-refractivity contribution in [2.45, 2.75) is 109 Å². The highest BCUT2D eigenvalue weighted by Gasteiger charge is 2.34. The van der Waals surface area contributed by atoms with Crippen molar-refractivity contribution in [2.24, 2.45) is 0 Å². The van der Waals surface area contributed by atoms with Gasteiger partial charge in [-0.05, 0) is 32.1 Å². The second kappa shape index (κ2) is 14.8. The summed E-state index contributed by atoms with van der Waals surface area (Å²) in [6.07, 6.45) is 24.9. The first-order valence-electron chi connectivity index (χ1n) is 11.3. The molecule has 0 amide bonds. The quantitative estimate of drug-likeness (QED) is 0.198. The van der Waals surface area contributed by atoms with Gasteiger partial charge in [-0.15, -0.1) is 0 Å². The summed E-state index contributed by atoms with van der Waals surface area (Å²) < 4.78 is 1.12. The van der Waals surface area contributed by atoms with Crippen LogP contribution in [0.2, 0.25) is 0 Å². The van der Waals surface area contributed by atoms with Gasteiger partial charge < -0.3 is 9.59 Å². The first-order chi connectivity index (χ1) is 12.2. The van der Waals surface area contributed by atoms with E-state index in [1.165, 1.54) is 109 Å². The lowest BCUT2D eigenvalue weighted by molar-refractivity contribution is -0.923. The van der Waals surface area contributed by atoms with Gasteiger partial charge in [0.25, 0.3) is 0 Å². The third-order valence-electron chi connectivity index (χ3n) is 6.23. The van der Waals surface area contributed by atoms with Crippen molar-refractivity contribution >= 4 is 0 Å². The van der Waals surface area contributed by atoms with Crippen LogP contribution in [0.4, 0.5) is 0 Å². The van der Waals surface area contributed by atoms with Crippen LogP contribution in [-0.4, -0.2) is 42.4 Å². The second-order valence-electron chi connectivity index (χ2n) is 8.49. The lowest BCUT2D eigenvalue weighted by atomic mass is 10.0. The van der Waals surface area contributed by atoms with Gasteiger partial charge in [0.05, 0.1) is 26.7 Å². The van der Waals surface area contributed by atoms with Crippen LogP contribution in [0.15, 0.2) is 12.2 Å². The van der Waals surface area contributed by atoms with E-state index in [2.05, 4.69) is 26.1 Å². The fourth-order valence-corrected chi connectivity index (χ4v) is 4.30. The molecular formula is C23H46NO+. The second-order valence-corrected chi connectivity index (χ2v) is 8.49. The zero-order valence-corrected chi connectivity index (χ0v) is 17.4. The molecule has 0 aromatic heterocycles. The molecule has 0 bridgehead atoms. The van der Waals surface area contributed by atoms with Gasteiger partial charge in [-0.1, -0.05) is 64.0 Å². The number of rotatable bonds is 16. The molecule has 1 saturated heterocycles. The number of hydrogen-bond acceptors (Lipinski definition) is 1. The van der Waals surface area contributed by atoms with Crippen LogP contribution in [0.3, 0.4) is 0 Å². The minimum Gasteiger partial charge on any atom is -0.390 e. The number of quaternary nitrogens is 1. The molecule has 148 valence electrons. The average molecular weight is 353 g/mol. The van der Waals surface area contributed by atoms with Crippen LogP contribution < -0.4 is 0 Å². The minimum atomic E-state index is 0.373. The molecular weight excluding hydrogens is 306 g/mol. The molecule has 1 aliphatic heterocycles. The summed E-state index contributed by atoms with van der Waals surface area (Å²) in [7, 11) is 2.35. The SMILES string of the molecule is CCCCCCCC/C=C\CCCCCCC(CO)[N+]1(C)CCCC1.